The smallest absolute Gasteiger partial charge is 0.0343 e. The lowest BCUT2D eigenvalue weighted by Crippen LogP contribution is -2.13. The Kier molecular flexibility index (Phi) is 8.10. The van der Waals surface area contributed by atoms with Gasteiger partial charge in [0.1, 0.15) is 0 Å². The molecule has 1 nitrogen and oxygen atoms in total. The maximum Gasteiger partial charge on any atom is 0.0343 e. The molecule has 1 aromatic rings. The van der Waals surface area contributed by atoms with Gasteiger partial charge in [-0.05, 0) is 36.5 Å². The summed E-state index contributed by atoms with van der Waals surface area (Å²) in [6, 6.07) is 6.68. The third kappa shape index (κ3) is 5.81. The van der Waals surface area contributed by atoms with E-state index in [-0.39, 0.29) is 0 Å². The molecule has 0 aliphatic rings. The number of hydrogen-bond acceptors (Lipinski definition) is 1. The third-order valence-corrected chi connectivity index (χ3v) is 3.89. The number of hydrogen-bond donors (Lipinski definition) is 1. The third-order valence-electron chi connectivity index (χ3n) is 3.89. The van der Waals surface area contributed by atoms with E-state index in [1.54, 1.807) is 0 Å². The fraction of sp³-hybridized carbons (Fsp3) is 0.579. The maximum absolute atomic E-state index is 4.18. The number of aryl methyl sites for hydroxylation is 2. The molecule has 0 aromatic heterocycles. The molecule has 0 aliphatic carbocycles. The summed E-state index contributed by atoms with van der Waals surface area (Å²) < 4.78 is 0. The van der Waals surface area contributed by atoms with Gasteiger partial charge in [0.2, 0.25) is 0 Å². The highest BCUT2D eigenvalue weighted by Crippen LogP contribution is 2.17. The second-order valence-electron chi connectivity index (χ2n) is 5.68. The van der Waals surface area contributed by atoms with E-state index >= 15 is 0 Å². The van der Waals surface area contributed by atoms with Crippen molar-refractivity contribution in [3.05, 3.63) is 41.5 Å². The Hall–Kier alpha value is -1.24. The molecule has 0 amide bonds. The zero-order chi connectivity index (χ0) is 14.8. The van der Waals surface area contributed by atoms with Crippen molar-refractivity contribution >= 4 is 5.70 Å². The molecular formula is C19H31N. The minimum Gasteiger partial charge on any atom is -0.385 e. The van der Waals surface area contributed by atoms with E-state index < -0.39 is 0 Å². The van der Waals surface area contributed by atoms with E-state index in [2.05, 4.69) is 50.9 Å². The summed E-state index contributed by atoms with van der Waals surface area (Å²) in [4.78, 5) is 0. The van der Waals surface area contributed by atoms with Crippen molar-refractivity contribution in [3.8, 4) is 0 Å². The molecule has 1 rings (SSSR count). The van der Waals surface area contributed by atoms with Crippen molar-refractivity contribution in [2.75, 3.05) is 6.54 Å². The number of unbranched alkanes of at least 4 members (excludes halogenated alkanes) is 5. The van der Waals surface area contributed by atoms with Crippen LogP contribution in [0.2, 0.25) is 0 Å². The molecule has 0 spiro atoms. The second-order valence-corrected chi connectivity index (χ2v) is 5.68. The first kappa shape index (κ1) is 16.8. The van der Waals surface area contributed by atoms with E-state index in [0.717, 1.165) is 18.7 Å². The van der Waals surface area contributed by atoms with Gasteiger partial charge in [-0.1, -0.05) is 70.7 Å². The standard InChI is InChI=1S/C19H31N/c1-5-7-8-9-10-11-14-20-17(4)19-13-12-18(6-2)15-16(19)3/h12-13,15,20H,4-11,14H2,1-3H3. The molecule has 1 heteroatoms. The summed E-state index contributed by atoms with van der Waals surface area (Å²) in [6.07, 6.45) is 9.12. The van der Waals surface area contributed by atoms with Crippen LogP contribution in [0.1, 0.15) is 69.1 Å². The summed E-state index contributed by atoms with van der Waals surface area (Å²) in [6.45, 7) is 11.8. The first-order chi connectivity index (χ1) is 9.69. The summed E-state index contributed by atoms with van der Waals surface area (Å²) in [7, 11) is 0. The minimum atomic E-state index is 1.04. The molecule has 112 valence electrons. The highest BCUT2D eigenvalue weighted by Gasteiger charge is 2.03. The van der Waals surface area contributed by atoms with Gasteiger partial charge in [-0.3, -0.25) is 0 Å². The number of rotatable bonds is 10. The lowest BCUT2D eigenvalue weighted by atomic mass is 10.0. The predicted octanol–water partition coefficient (Wildman–Crippen LogP) is 5.48. The van der Waals surface area contributed by atoms with Crippen LogP contribution in [0.25, 0.3) is 5.70 Å². The van der Waals surface area contributed by atoms with Crippen molar-refractivity contribution in [1.29, 1.82) is 0 Å². The van der Waals surface area contributed by atoms with E-state index in [0.29, 0.717) is 0 Å². The molecule has 0 aliphatic heterocycles. The predicted molar refractivity (Wildman–Crippen MR) is 91.0 cm³/mol. The molecule has 0 unspecified atom stereocenters. The molecule has 0 fully saturated rings. The van der Waals surface area contributed by atoms with Crippen LogP contribution in [-0.4, -0.2) is 6.54 Å². The molecule has 0 atom stereocenters. The number of benzene rings is 1. The number of nitrogens with one attached hydrogen (secondary N) is 1. The Balaban J connectivity index is 2.29. The van der Waals surface area contributed by atoms with Gasteiger partial charge in [-0.25, -0.2) is 0 Å². The summed E-state index contributed by atoms with van der Waals surface area (Å²) in [5, 5.41) is 3.47. The average Bonchev–Trinajstić information content (AvgIpc) is 2.45. The molecule has 0 heterocycles. The van der Waals surface area contributed by atoms with Crippen LogP contribution in [0, 0.1) is 6.92 Å². The molecule has 1 aromatic carbocycles. The SMILES string of the molecule is C=C(NCCCCCCCC)c1ccc(CC)cc1C. The Morgan fingerprint density at radius 3 is 2.40 bits per heavy atom. The van der Waals surface area contributed by atoms with Crippen molar-refractivity contribution < 1.29 is 0 Å². The first-order valence-corrected chi connectivity index (χ1v) is 8.21. The van der Waals surface area contributed by atoms with E-state index in [9.17, 15) is 0 Å². The molecule has 0 radical (unpaired) electrons. The Morgan fingerprint density at radius 1 is 1.05 bits per heavy atom. The van der Waals surface area contributed by atoms with Crippen LogP contribution in [-0.2, 0) is 6.42 Å². The highest BCUT2D eigenvalue weighted by atomic mass is 14.9. The first-order valence-electron chi connectivity index (χ1n) is 8.21. The van der Waals surface area contributed by atoms with Gasteiger partial charge >= 0.3 is 0 Å². The fourth-order valence-electron chi connectivity index (χ4n) is 2.52. The fourth-order valence-corrected chi connectivity index (χ4v) is 2.52. The zero-order valence-electron chi connectivity index (χ0n) is 13.6. The quantitative estimate of drug-likeness (QED) is 0.557. The van der Waals surface area contributed by atoms with Gasteiger partial charge < -0.3 is 5.32 Å². The van der Waals surface area contributed by atoms with Crippen molar-refractivity contribution in [3.63, 3.8) is 0 Å². The van der Waals surface area contributed by atoms with Crippen LogP contribution >= 0.6 is 0 Å². The Morgan fingerprint density at radius 2 is 1.75 bits per heavy atom. The largest absolute Gasteiger partial charge is 0.385 e. The Bertz CT molecular complexity index is 406. The average molecular weight is 273 g/mol. The van der Waals surface area contributed by atoms with Gasteiger partial charge in [0.25, 0.3) is 0 Å². The molecule has 0 bridgehead atoms. The lowest BCUT2D eigenvalue weighted by molar-refractivity contribution is 0.600. The van der Waals surface area contributed by atoms with Crippen LogP contribution in [0.5, 0.6) is 0 Å². The second kappa shape index (κ2) is 9.63. The van der Waals surface area contributed by atoms with Crippen LogP contribution in [0.15, 0.2) is 24.8 Å². The lowest BCUT2D eigenvalue weighted by Gasteiger charge is -2.13. The Labute approximate surface area is 125 Å². The van der Waals surface area contributed by atoms with Gasteiger partial charge in [-0.15, -0.1) is 0 Å². The topological polar surface area (TPSA) is 12.0 Å². The van der Waals surface area contributed by atoms with Crippen molar-refractivity contribution in [2.45, 2.75) is 65.7 Å². The van der Waals surface area contributed by atoms with Gasteiger partial charge in [-0.2, -0.15) is 0 Å². The minimum absolute atomic E-state index is 1.04. The molecule has 0 saturated carbocycles. The van der Waals surface area contributed by atoms with Gasteiger partial charge in [0.05, 0.1) is 0 Å². The van der Waals surface area contributed by atoms with Crippen LogP contribution in [0.4, 0.5) is 0 Å². The zero-order valence-corrected chi connectivity index (χ0v) is 13.6. The summed E-state index contributed by atoms with van der Waals surface area (Å²) in [5.41, 5.74) is 5.05. The van der Waals surface area contributed by atoms with Crippen molar-refractivity contribution in [1.82, 2.24) is 5.32 Å². The highest BCUT2D eigenvalue weighted by molar-refractivity contribution is 5.64. The summed E-state index contributed by atoms with van der Waals surface area (Å²) >= 11 is 0. The summed E-state index contributed by atoms with van der Waals surface area (Å²) in [5.74, 6) is 0. The van der Waals surface area contributed by atoms with E-state index in [1.165, 1.54) is 55.2 Å². The monoisotopic (exact) mass is 273 g/mol. The maximum atomic E-state index is 4.18. The van der Waals surface area contributed by atoms with E-state index in [1.807, 2.05) is 0 Å². The molecule has 1 N–H and O–H groups in total. The normalized spacial score (nSPS) is 10.6. The van der Waals surface area contributed by atoms with E-state index in [4.69, 9.17) is 0 Å². The van der Waals surface area contributed by atoms with Gasteiger partial charge in [0.15, 0.2) is 0 Å². The molecular weight excluding hydrogens is 242 g/mol. The van der Waals surface area contributed by atoms with Crippen LogP contribution in [0.3, 0.4) is 0 Å². The molecule has 0 saturated heterocycles. The van der Waals surface area contributed by atoms with Crippen molar-refractivity contribution in [2.24, 2.45) is 0 Å². The van der Waals surface area contributed by atoms with Gasteiger partial charge in [0, 0.05) is 12.2 Å². The molecule has 20 heavy (non-hydrogen) atoms. The van der Waals surface area contributed by atoms with Crippen LogP contribution < -0.4 is 5.32 Å².